The van der Waals surface area contributed by atoms with Crippen LogP contribution in [-0.4, -0.2) is 12.6 Å². The lowest BCUT2D eigenvalue weighted by Gasteiger charge is -2.22. The molecule has 0 unspecified atom stereocenters. The van der Waals surface area contributed by atoms with Crippen molar-refractivity contribution in [2.24, 2.45) is 5.73 Å². The fourth-order valence-electron chi connectivity index (χ4n) is 1.37. The van der Waals surface area contributed by atoms with Crippen molar-refractivity contribution in [2.45, 2.75) is 12.5 Å². The second-order valence-corrected chi connectivity index (χ2v) is 3.46. The lowest BCUT2D eigenvalue weighted by Crippen LogP contribution is -2.33. The molecule has 0 saturated carbocycles. The number of benzene rings is 1. The molecule has 0 amide bonds. The Hall–Kier alpha value is -0.730. The van der Waals surface area contributed by atoms with E-state index in [-0.39, 0.29) is 6.04 Å². The first-order valence-corrected chi connectivity index (χ1v) is 4.30. The number of hydrogen-bond donors (Lipinski definition) is 1. The van der Waals surface area contributed by atoms with Gasteiger partial charge in [-0.2, -0.15) is 0 Å². The molecule has 2 nitrogen and oxygen atoms in total. The van der Waals surface area contributed by atoms with Crippen LogP contribution in [0.15, 0.2) is 18.2 Å². The van der Waals surface area contributed by atoms with Gasteiger partial charge in [0.15, 0.2) is 0 Å². The summed E-state index contributed by atoms with van der Waals surface area (Å²) < 4.78 is 5.41. The normalized spacial score (nSPS) is 21.3. The van der Waals surface area contributed by atoms with Crippen molar-refractivity contribution in [1.29, 1.82) is 0 Å². The first-order chi connectivity index (χ1) is 5.75. The van der Waals surface area contributed by atoms with E-state index in [1.807, 2.05) is 18.2 Å². The van der Waals surface area contributed by atoms with Gasteiger partial charge in [-0.3, -0.25) is 0 Å². The number of fused-ring (bicyclic) bond motifs is 1. The molecule has 1 aliphatic rings. The first kappa shape index (κ1) is 7.90. The number of rotatable bonds is 0. The summed E-state index contributed by atoms with van der Waals surface area (Å²) in [5.41, 5.74) is 6.88. The fraction of sp³-hybridized carbons (Fsp3) is 0.333. The van der Waals surface area contributed by atoms with Gasteiger partial charge >= 0.3 is 0 Å². The largest absolute Gasteiger partial charge is 0.492 e. The van der Waals surface area contributed by atoms with Gasteiger partial charge in [0.1, 0.15) is 12.4 Å². The van der Waals surface area contributed by atoms with Gasteiger partial charge in [-0.25, -0.2) is 0 Å². The minimum absolute atomic E-state index is 0.124. The molecule has 3 heteroatoms. The molecule has 0 bridgehead atoms. The predicted octanol–water partition coefficient (Wildman–Crippen LogP) is 1.60. The van der Waals surface area contributed by atoms with Gasteiger partial charge in [-0.15, -0.1) is 0 Å². The third-order valence-corrected chi connectivity index (χ3v) is 2.20. The zero-order valence-corrected chi connectivity index (χ0v) is 7.34. The van der Waals surface area contributed by atoms with E-state index in [9.17, 15) is 0 Å². The van der Waals surface area contributed by atoms with Crippen molar-refractivity contribution >= 4 is 11.6 Å². The summed E-state index contributed by atoms with van der Waals surface area (Å²) in [6, 6.07) is 5.79. The van der Waals surface area contributed by atoms with Gasteiger partial charge in [-0.1, -0.05) is 17.7 Å². The summed E-state index contributed by atoms with van der Waals surface area (Å²) in [4.78, 5) is 0. The van der Waals surface area contributed by atoms with Crippen LogP contribution in [0.5, 0.6) is 5.75 Å². The number of ether oxygens (including phenoxy) is 1. The van der Waals surface area contributed by atoms with Crippen LogP contribution in [0.2, 0.25) is 5.02 Å². The minimum Gasteiger partial charge on any atom is -0.492 e. The zero-order valence-electron chi connectivity index (χ0n) is 6.59. The van der Waals surface area contributed by atoms with Gasteiger partial charge in [0.05, 0.1) is 0 Å². The van der Waals surface area contributed by atoms with Crippen LogP contribution in [0.25, 0.3) is 0 Å². The van der Waals surface area contributed by atoms with Crippen LogP contribution in [0.1, 0.15) is 5.56 Å². The SMILES string of the molecule is N[C@@H]1COc2cc(Cl)ccc2C1. The smallest absolute Gasteiger partial charge is 0.124 e. The molecule has 1 aliphatic heterocycles. The summed E-state index contributed by atoms with van der Waals surface area (Å²) in [5.74, 6) is 0.879. The second-order valence-electron chi connectivity index (χ2n) is 3.03. The Labute approximate surface area is 76.3 Å². The van der Waals surface area contributed by atoms with Gasteiger partial charge in [0.25, 0.3) is 0 Å². The van der Waals surface area contributed by atoms with Crippen molar-refractivity contribution in [2.75, 3.05) is 6.61 Å². The van der Waals surface area contributed by atoms with Crippen LogP contribution in [-0.2, 0) is 6.42 Å². The first-order valence-electron chi connectivity index (χ1n) is 3.92. The molecule has 0 aromatic heterocycles. The van der Waals surface area contributed by atoms with Crippen molar-refractivity contribution < 1.29 is 4.74 Å². The average molecular weight is 184 g/mol. The molecule has 0 fully saturated rings. The van der Waals surface area contributed by atoms with Crippen molar-refractivity contribution in [3.8, 4) is 5.75 Å². The molecule has 1 aromatic carbocycles. The predicted molar refractivity (Wildman–Crippen MR) is 48.6 cm³/mol. The van der Waals surface area contributed by atoms with Gasteiger partial charge in [0, 0.05) is 11.1 Å². The van der Waals surface area contributed by atoms with E-state index < -0.39 is 0 Å². The summed E-state index contributed by atoms with van der Waals surface area (Å²) in [7, 11) is 0. The monoisotopic (exact) mass is 183 g/mol. The van der Waals surface area contributed by atoms with Crippen LogP contribution in [0.4, 0.5) is 0 Å². The van der Waals surface area contributed by atoms with E-state index >= 15 is 0 Å². The topological polar surface area (TPSA) is 35.2 Å². The number of halogens is 1. The van der Waals surface area contributed by atoms with Crippen molar-refractivity contribution in [3.63, 3.8) is 0 Å². The molecule has 12 heavy (non-hydrogen) atoms. The lowest BCUT2D eigenvalue weighted by molar-refractivity contribution is 0.263. The highest BCUT2D eigenvalue weighted by molar-refractivity contribution is 6.30. The highest BCUT2D eigenvalue weighted by atomic mass is 35.5. The Morgan fingerprint density at radius 2 is 2.33 bits per heavy atom. The highest BCUT2D eigenvalue weighted by Gasteiger charge is 2.15. The Morgan fingerprint density at radius 3 is 3.17 bits per heavy atom. The fourth-order valence-corrected chi connectivity index (χ4v) is 1.53. The summed E-state index contributed by atoms with van der Waals surface area (Å²) in [5, 5.41) is 0.712. The van der Waals surface area contributed by atoms with Gasteiger partial charge in [0.2, 0.25) is 0 Å². The molecule has 0 spiro atoms. The molecule has 1 atom stereocenters. The van der Waals surface area contributed by atoms with Crippen molar-refractivity contribution in [1.82, 2.24) is 0 Å². The maximum atomic E-state index is 5.80. The average Bonchev–Trinajstić information content (AvgIpc) is 2.05. The lowest BCUT2D eigenvalue weighted by atomic mass is 10.0. The van der Waals surface area contributed by atoms with E-state index in [0.717, 1.165) is 17.7 Å². The van der Waals surface area contributed by atoms with Crippen LogP contribution < -0.4 is 10.5 Å². The third kappa shape index (κ3) is 1.40. The Bertz CT molecular complexity index is 301. The molecule has 0 aliphatic carbocycles. The molecular weight excluding hydrogens is 174 g/mol. The van der Waals surface area contributed by atoms with Crippen LogP contribution in [0, 0.1) is 0 Å². The van der Waals surface area contributed by atoms with Crippen LogP contribution in [0.3, 0.4) is 0 Å². The molecule has 0 saturated heterocycles. The Morgan fingerprint density at radius 1 is 1.50 bits per heavy atom. The molecular formula is C9H10ClNO. The molecule has 0 radical (unpaired) electrons. The Kier molecular flexibility index (Phi) is 1.95. The second kappa shape index (κ2) is 2.96. The summed E-state index contributed by atoms with van der Waals surface area (Å²) in [6.45, 7) is 0.591. The molecule has 2 rings (SSSR count). The molecule has 64 valence electrons. The quantitative estimate of drug-likeness (QED) is 0.663. The standard InChI is InChI=1S/C9H10ClNO/c10-7-2-1-6-3-8(11)5-12-9(6)4-7/h1-2,4,8H,3,5,11H2/t8-/m0/s1. The number of nitrogens with two attached hydrogens (primary N) is 1. The van der Waals surface area contributed by atoms with Gasteiger partial charge < -0.3 is 10.5 Å². The summed E-state index contributed by atoms with van der Waals surface area (Å²) in [6.07, 6.45) is 0.881. The zero-order chi connectivity index (χ0) is 8.55. The van der Waals surface area contributed by atoms with E-state index in [4.69, 9.17) is 22.1 Å². The Balaban J connectivity index is 2.37. The number of hydrogen-bond acceptors (Lipinski definition) is 2. The van der Waals surface area contributed by atoms with Crippen LogP contribution >= 0.6 is 11.6 Å². The van der Waals surface area contributed by atoms with E-state index in [1.165, 1.54) is 0 Å². The maximum Gasteiger partial charge on any atom is 0.124 e. The van der Waals surface area contributed by atoms with Gasteiger partial charge in [-0.05, 0) is 24.1 Å². The molecule has 2 N–H and O–H groups in total. The van der Waals surface area contributed by atoms with Crippen molar-refractivity contribution in [3.05, 3.63) is 28.8 Å². The van der Waals surface area contributed by atoms with E-state index in [2.05, 4.69) is 0 Å². The highest BCUT2D eigenvalue weighted by Crippen LogP contribution is 2.27. The third-order valence-electron chi connectivity index (χ3n) is 1.96. The molecule has 1 aromatic rings. The van der Waals surface area contributed by atoms with E-state index in [1.54, 1.807) is 0 Å². The molecule has 1 heterocycles. The maximum absolute atomic E-state index is 5.80. The minimum atomic E-state index is 0.124. The summed E-state index contributed by atoms with van der Waals surface area (Å²) >= 11 is 5.80. The van der Waals surface area contributed by atoms with E-state index in [0.29, 0.717) is 11.6 Å².